The van der Waals surface area contributed by atoms with Gasteiger partial charge in [0.1, 0.15) is 5.69 Å². The fourth-order valence-corrected chi connectivity index (χ4v) is 2.49. The molecule has 2 rings (SSSR count). The van der Waals surface area contributed by atoms with Crippen LogP contribution in [-0.4, -0.2) is 41.3 Å². The van der Waals surface area contributed by atoms with Crippen LogP contribution in [0.1, 0.15) is 19.3 Å². The number of aliphatic hydroxyl groups is 1. The Balaban J connectivity index is 1.95. The van der Waals surface area contributed by atoms with Crippen LogP contribution in [0.2, 0.25) is 0 Å². The molecule has 0 saturated heterocycles. The highest BCUT2D eigenvalue weighted by atomic mass is 79.9. The first-order valence-electron chi connectivity index (χ1n) is 6.90. The second-order valence-electron chi connectivity index (χ2n) is 4.91. The molecule has 1 saturated carbocycles. The molecule has 1 heterocycles. The molecule has 0 spiro atoms. The zero-order valence-corrected chi connectivity index (χ0v) is 12.9. The van der Waals surface area contributed by atoms with Gasteiger partial charge in [0.25, 0.3) is 5.56 Å². The number of rotatable bonds is 8. The summed E-state index contributed by atoms with van der Waals surface area (Å²) < 4.78 is 7.35. The van der Waals surface area contributed by atoms with Crippen LogP contribution < -0.4 is 10.9 Å². The highest BCUT2D eigenvalue weighted by molar-refractivity contribution is 9.10. The van der Waals surface area contributed by atoms with Crippen molar-refractivity contribution in [3.63, 3.8) is 0 Å². The number of nitrogens with one attached hydrogen (secondary N) is 1. The molecular weight excluding hydrogens is 326 g/mol. The van der Waals surface area contributed by atoms with Crippen LogP contribution in [0.4, 0.5) is 5.69 Å². The molecule has 0 atom stereocenters. The Kier molecular flexibility index (Phi) is 6.00. The molecule has 0 aliphatic heterocycles. The maximum absolute atomic E-state index is 12.3. The number of hydrogen-bond acceptors (Lipinski definition) is 5. The van der Waals surface area contributed by atoms with Crippen molar-refractivity contribution in [1.29, 1.82) is 0 Å². The van der Waals surface area contributed by atoms with Crippen LogP contribution in [0, 0.1) is 5.92 Å². The van der Waals surface area contributed by atoms with E-state index in [0.29, 0.717) is 42.4 Å². The average molecular weight is 346 g/mol. The van der Waals surface area contributed by atoms with Gasteiger partial charge in [-0.05, 0) is 34.7 Å². The van der Waals surface area contributed by atoms with Crippen molar-refractivity contribution in [2.24, 2.45) is 5.92 Å². The zero-order chi connectivity index (χ0) is 14.4. The van der Waals surface area contributed by atoms with Crippen molar-refractivity contribution < 1.29 is 9.84 Å². The van der Waals surface area contributed by atoms with E-state index in [0.717, 1.165) is 0 Å². The standard InChI is InChI=1S/C13H20BrN3O3/c14-11-8-16-17(9-10-2-1-3-10)13(19)12(11)15-4-6-20-7-5-18/h8,10,15,18H,1-7,9H2. The smallest absolute Gasteiger partial charge is 0.291 e. The summed E-state index contributed by atoms with van der Waals surface area (Å²) in [4.78, 5) is 12.3. The van der Waals surface area contributed by atoms with E-state index in [1.54, 1.807) is 6.20 Å². The molecule has 20 heavy (non-hydrogen) atoms. The summed E-state index contributed by atoms with van der Waals surface area (Å²) in [6.07, 6.45) is 5.27. The Morgan fingerprint density at radius 2 is 2.30 bits per heavy atom. The lowest BCUT2D eigenvalue weighted by molar-refractivity contribution is 0.0992. The van der Waals surface area contributed by atoms with Crippen molar-refractivity contribution in [3.8, 4) is 0 Å². The third kappa shape index (κ3) is 4.04. The number of nitrogens with zero attached hydrogens (tertiary/aromatic N) is 2. The van der Waals surface area contributed by atoms with E-state index in [2.05, 4.69) is 26.3 Å². The molecule has 1 aliphatic carbocycles. The molecule has 0 aromatic carbocycles. The summed E-state index contributed by atoms with van der Waals surface area (Å²) in [5.74, 6) is 0.585. The second kappa shape index (κ2) is 7.75. The summed E-state index contributed by atoms with van der Waals surface area (Å²) in [7, 11) is 0. The number of ether oxygens (including phenoxy) is 1. The lowest BCUT2D eigenvalue weighted by Gasteiger charge is -2.25. The summed E-state index contributed by atoms with van der Waals surface area (Å²) in [5, 5.41) is 15.8. The van der Waals surface area contributed by atoms with Crippen molar-refractivity contribution in [2.45, 2.75) is 25.8 Å². The maximum Gasteiger partial charge on any atom is 0.291 e. The zero-order valence-electron chi connectivity index (χ0n) is 11.3. The monoisotopic (exact) mass is 345 g/mol. The third-order valence-electron chi connectivity index (χ3n) is 3.44. The van der Waals surface area contributed by atoms with Gasteiger partial charge in [0, 0.05) is 13.1 Å². The first kappa shape index (κ1) is 15.5. The van der Waals surface area contributed by atoms with E-state index in [4.69, 9.17) is 9.84 Å². The summed E-state index contributed by atoms with van der Waals surface area (Å²) in [6, 6.07) is 0. The van der Waals surface area contributed by atoms with Gasteiger partial charge in [0.2, 0.25) is 0 Å². The van der Waals surface area contributed by atoms with Crippen LogP contribution in [0.25, 0.3) is 0 Å². The molecule has 7 heteroatoms. The first-order valence-corrected chi connectivity index (χ1v) is 7.69. The number of aliphatic hydroxyl groups excluding tert-OH is 1. The van der Waals surface area contributed by atoms with E-state index in [-0.39, 0.29) is 12.2 Å². The van der Waals surface area contributed by atoms with Crippen molar-refractivity contribution >= 4 is 21.6 Å². The second-order valence-corrected chi connectivity index (χ2v) is 5.77. The molecule has 0 amide bonds. The van der Waals surface area contributed by atoms with Crippen molar-refractivity contribution in [1.82, 2.24) is 9.78 Å². The minimum Gasteiger partial charge on any atom is -0.394 e. The fraction of sp³-hybridized carbons (Fsp3) is 0.692. The van der Waals surface area contributed by atoms with Gasteiger partial charge in [-0.1, -0.05) is 6.42 Å². The molecule has 1 aromatic heterocycles. The van der Waals surface area contributed by atoms with E-state index < -0.39 is 0 Å². The quantitative estimate of drug-likeness (QED) is 0.693. The van der Waals surface area contributed by atoms with Crippen LogP contribution in [0.5, 0.6) is 0 Å². The molecule has 6 nitrogen and oxygen atoms in total. The van der Waals surface area contributed by atoms with Crippen LogP contribution in [0.15, 0.2) is 15.5 Å². The number of halogens is 1. The van der Waals surface area contributed by atoms with E-state index in [9.17, 15) is 4.79 Å². The van der Waals surface area contributed by atoms with Crippen LogP contribution in [0.3, 0.4) is 0 Å². The Hall–Kier alpha value is -0.920. The lowest BCUT2D eigenvalue weighted by atomic mass is 9.85. The predicted octanol–water partition coefficient (Wildman–Crippen LogP) is 1.23. The van der Waals surface area contributed by atoms with Gasteiger partial charge in [-0.2, -0.15) is 5.10 Å². The molecule has 1 aromatic rings. The Morgan fingerprint density at radius 3 is 2.95 bits per heavy atom. The third-order valence-corrected chi connectivity index (χ3v) is 4.04. The SMILES string of the molecule is O=c1c(NCCOCCO)c(Br)cnn1CC1CCC1. The Morgan fingerprint density at radius 1 is 1.50 bits per heavy atom. The topological polar surface area (TPSA) is 76.4 Å². The van der Waals surface area contributed by atoms with Gasteiger partial charge < -0.3 is 15.2 Å². The van der Waals surface area contributed by atoms with E-state index >= 15 is 0 Å². The minimum absolute atomic E-state index is 0.00709. The molecule has 2 N–H and O–H groups in total. The number of aromatic nitrogens is 2. The Labute approximate surface area is 126 Å². The van der Waals surface area contributed by atoms with Gasteiger partial charge in [-0.15, -0.1) is 0 Å². The largest absolute Gasteiger partial charge is 0.394 e. The number of anilines is 1. The Bertz CT molecular complexity index is 488. The molecular formula is C13H20BrN3O3. The van der Waals surface area contributed by atoms with Gasteiger partial charge >= 0.3 is 0 Å². The van der Waals surface area contributed by atoms with Crippen LogP contribution >= 0.6 is 15.9 Å². The van der Waals surface area contributed by atoms with E-state index in [1.165, 1.54) is 23.9 Å². The molecule has 1 fully saturated rings. The van der Waals surface area contributed by atoms with Crippen molar-refractivity contribution in [2.75, 3.05) is 31.7 Å². The fourth-order valence-electron chi connectivity index (χ4n) is 2.09. The predicted molar refractivity (Wildman–Crippen MR) is 79.9 cm³/mol. The summed E-state index contributed by atoms with van der Waals surface area (Å²) in [5.41, 5.74) is 0.417. The molecule has 1 aliphatic rings. The molecule has 0 radical (unpaired) electrons. The lowest BCUT2D eigenvalue weighted by Crippen LogP contribution is -2.31. The van der Waals surface area contributed by atoms with Gasteiger partial charge in [0.15, 0.2) is 0 Å². The van der Waals surface area contributed by atoms with Gasteiger partial charge in [0.05, 0.1) is 30.5 Å². The van der Waals surface area contributed by atoms with Crippen molar-refractivity contribution in [3.05, 3.63) is 21.0 Å². The molecule has 0 unspecified atom stereocenters. The van der Waals surface area contributed by atoms with Gasteiger partial charge in [-0.3, -0.25) is 4.79 Å². The highest BCUT2D eigenvalue weighted by Crippen LogP contribution is 2.27. The summed E-state index contributed by atoms with van der Waals surface area (Å²) in [6.45, 7) is 1.97. The average Bonchev–Trinajstić information content (AvgIpc) is 2.39. The van der Waals surface area contributed by atoms with E-state index in [1.807, 2.05) is 0 Å². The maximum atomic E-state index is 12.3. The summed E-state index contributed by atoms with van der Waals surface area (Å²) >= 11 is 3.34. The van der Waals surface area contributed by atoms with Gasteiger partial charge in [-0.25, -0.2) is 4.68 Å². The minimum atomic E-state index is -0.103. The number of hydrogen-bond donors (Lipinski definition) is 2. The first-order chi connectivity index (χ1) is 9.72. The molecule has 0 bridgehead atoms. The van der Waals surface area contributed by atoms with Crippen LogP contribution in [-0.2, 0) is 11.3 Å². The molecule has 112 valence electrons. The normalized spacial score (nSPS) is 15.1. The highest BCUT2D eigenvalue weighted by Gasteiger charge is 2.20.